The van der Waals surface area contributed by atoms with Gasteiger partial charge in [-0.05, 0) is 25.0 Å². The molecule has 2 aromatic carbocycles. The fourth-order valence-corrected chi connectivity index (χ4v) is 4.38. The van der Waals surface area contributed by atoms with Gasteiger partial charge in [0.05, 0.1) is 24.7 Å². The smallest absolute Gasteiger partial charge is 0.307 e. The lowest BCUT2D eigenvalue weighted by atomic mass is 9.74. The van der Waals surface area contributed by atoms with Crippen molar-refractivity contribution in [1.29, 1.82) is 0 Å². The Kier molecular flexibility index (Phi) is 5.11. The van der Waals surface area contributed by atoms with E-state index in [2.05, 4.69) is 16.2 Å². The zero-order valence-corrected chi connectivity index (χ0v) is 15.3. The molecule has 2 heterocycles. The summed E-state index contributed by atoms with van der Waals surface area (Å²) in [4.78, 5) is 12.1. The molecule has 6 heteroatoms. The van der Waals surface area contributed by atoms with Gasteiger partial charge < -0.3 is 9.84 Å². The van der Waals surface area contributed by atoms with Crippen molar-refractivity contribution >= 4 is 5.97 Å². The molecule has 0 amide bonds. The van der Waals surface area contributed by atoms with Crippen molar-refractivity contribution < 1.29 is 14.6 Å². The van der Waals surface area contributed by atoms with Gasteiger partial charge in [0.15, 0.2) is 0 Å². The van der Waals surface area contributed by atoms with E-state index in [-0.39, 0.29) is 24.2 Å². The standard InChI is InChI=1S/C21H25N3O3/c1-2-27-17-11-7-6-10-14(17)16-12-15(21(25)26)18-19(23-24-20(18)22-16)13-8-4-3-5-9-13/h3-11,15-16,18-20,22-24H,2,12H2,1H3,(H,25,26). The van der Waals surface area contributed by atoms with Crippen LogP contribution in [0.5, 0.6) is 5.75 Å². The maximum absolute atomic E-state index is 12.1. The van der Waals surface area contributed by atoms with E-state index >= 15 is 0 Å². The maximum atomic E-state index is 12.1. The number of hydrogen-bond donors (Lipinski definition) is 4. The number of aliphatic carboxylic acids is 1. The van der Waals surface area contributed by atoms with Crippen molar-refractivity contribution in [1.82, 2.24) is 16.2 Å². The Morgan fingerprint density at radius 3 is 2.59 bits per heavy atom. The van der Waals surface area contributed by atoms with E-state index in [1.807, 2.05) is 61.5 Å². The predicted octanol–water partition coefficient (Wildman–Crippen LogP) is 2.61. The number of carbonyl (C=O) groups is 1. The second-order valence-electron chi connectivity index (χ2n) is 7.10. The van der Waals surface area contributed by atoms with Gasteiger partial charge in [0, 0.05) is 17.5 Å². The Morgan fingerprint density at radius 2 is 1.85 bits per heavy atom. The number of fused-ring (bicyclic) bond motifs is 1. The number of carboxylic acid groups (broad SMARTS) is 1. The molecule has 6 nitrogen and oxygen atoms in total. The molecular weight excluding hydrogens is 342 g/mol. The molecule has 0 radical (unpaired) electrons. The third-order valence-corrected chi connectivity index (χ3v) is 5.57. The van der Waals surface area contributed by atoms with Crippen LogP contribution in [0.15, 0.2) is 54.6 Å². The van der Waals surface area contributed by atoms with Gasteiger partial charge in [0.25, 0.3) is 0 Å². The van der Waals surface area contributed by atoms with Crippen molar-refractivity contribution in [2.75, 3.05) is 6.61 Å². The molecule has 0 aliphatic carbocycles. The van der Waals surface area contributed by atoms with Gasteiger partial charge in [-0.15, -0.1) is 0 Å². The Balaban J connectivity index is 1.63. The molecule has 0 saturated carbocycles. The van der Waals surface area contributed by atoms with Crippen molar-refractivity contribution in [3.05, 3.63) is 65.7 Å². The van der Waals surface area contributed by atoms with Crippen LogP contribution in [0, 0.1) is 11.8 Å². The molecule has 2 aliphatic heterocycles. The number of ether oxygens (including phenoxy) is 1. The molecular formula is C21H25N3O3. The van der Waals surface area contributed by atoms with Crippen molar-refractivity contribution in [2.45, 2.75) is 31.6 Å². The highest BCUT2D eigenvalue weighted by Crippen LogP contribution is 2.43. The molecule has 2 saturated heterocycles. The van der Waals surface area contributed by atoms with E-state index in [1.165, 1.54) is 0 Å². The average molecular weight is 367 g/mol. The Hall–Kier alpha value is -2.41. The van der Waals surface area contributed by atoms with Gasteiger partial charge in [-0.2, -0.15) is 0 Å². The number of hydrazine groups is 1. The molecule has 2 fully saturated rings. The number of piperidine rings is 1. The largest absolute Gasteiger partial charge is 0.494 e. The lowest BCUT2D eigenvalue weighted by Gasteiger charge is -2.39. The maximum Gasteiger partial charge on any atom is 0.307 e. The van der Waals surface area contributed by atoms with Crippen LogP contribution < -0.4 is 20.9 Å². The molecule has 0 bridgehead atoms. The summed E-state index contributed by atoms with van der Waals surface area (Å²) in [6, 6.07) is 17.7. The molecule has 0 aromatic heterocycles. The zero-order valence-electron chi connectivity index (χ0n) is 15.3. The Labute approximate surface area is 158 Å². The summed E-state index contributed by atoms with van der Waals surface area (Å²) in [5.41, 5.74) is 8.69. The summed E-state index contributed by atoms with van der Waals surface area (Å²) < 4.78 is 5.76. The first-order valence-corrected chi connectivity index (χ1v) is 9.45. The molecule has 4 rings (SSSR count). The van der Waals surface area contributed by atoms with E-state index in [0.717, 1.165) is 16.9 Å². The summed E-state index contributed by atoms with van der Waals surface area (Å²) in [5, 5.41) is 13.6. The highest BCUT2D eigenvalue weighted by atomic mass is 16.5. The van der Waals surface area contributed by atoms with E-state index in [0.29, 0.717) is 13.0 Å². The topological polar surface area (TPSA) is 82.6 Å². The van der Waals surface area contributed by atoms with Crippen LogP contribution >= 0.6 is 0 Å². The molecule has 2 aliphatic rings. The van der Waals surface area contributed by atoms with Crippen LogP contribution in [-0.2, 0) is 4.79 Å². The minimum Gasteiger partial charge on any atom is -0.494 e. The number of para-hydroxylation sites is 1. The zero-order chi connectivity index (χ0) is 18.8. The number of benzene rings is 2. The third-order valence-electron chi connectivity index (χ3n) is 5.57. The van der Waals surface area contributed by atoms with Crippen LogP contribution in [0.4, 0.5) is 0 Å². The number of hydrogen-bond acceptors (Lipinski definition) is 5. The highest BCUT2D eigenvalue weighted by Gasteiger charge is 2.49. The first-order valence-electron chi connectivity index (χ1n) is 9.45. The normalized spacial score (nSPS) is 29.9. The minimum atomic E-state index is -0.753. The van der Waals surface area contributed by atoms with Crippen molar-refractivity contribution in [2.24, 2.45) is 11.8 Å². The lowest BCUT2D eigenvalue weighted by molar-refractivity contribution is -0.146. The van der Waals surface area contributed by atoms with Crippen molar-refractivity contribution in [3.63, 3.8) is 0 Å². The molecule has 5 unspecified atom stereocenters. The van der Waals surface area contributed by atoms with Crippen LogP contribution in [0.3, 0.4) is 0 Å². The quantitative estimate of drug-likeness (QED) is 0.650. The second-order valence-corrected chi connectivity index (χ2v) is 7.10. The van der Waals surface area contributed by atoms with Crippen LogP contribution in [0.25, 0.3) is 0 Å². The molecule has 27 heavy (non-hydrogen) atoms. The van der Waals surface area contributed by atoms with E-state index < -0.39 is 11.9 Å². The lowest BCUT2D eigenvalue weighted by Crippen LogP contribution is -2.53. The molecule has 4 N–H and O–H groups in total. The van der Waals surface area contributed by atoms with Gasteiger partial charge in [0.2, 0.25) is 0 Å². The fourth-order valence-electron chi connectivity index (χ4n) is 4.38. The number of nitrogens with one attached hydrogen (secondary N) is 3. The van der Waals surface area contributed by atoms with Gasteiger partial charge >= 0.3 is 5.97 Å². The first kappa shape index (κ1) is 18.0. The summed E-state index contributed by atoms with van der Waals surface area (Å²) in [5.74, 6) is -0.494. The summed E-state index contributed by atoms with van der Waals surface area (Å²) in [6.07, 6.45) is 0.387. The molecule has 0 spiro atoms. The van der Waals surface area contributed by atoms with Gasteiger partial charge in [-0.3, -0.25) is 10.1 Å². The van der Waals surface area contributed by atoms with E-state index in [1.54, 1.807) is 0 Å². The number of carboxylic acids is 1. The third kappa shape index (κ3) is 3.43. The van der Waals surface area contributed by atoms with Gasteiger partial charge in [-0.25, -0.2) is 10.9 Å². The predicted molar refractivity (Wildman–Crippen MR) is 102 cm³/mol. The fraction of sp³-hybridized carbons (Fsp3) is 0.381. The summed E-state index contributed by atoms with van der Waals surface area (Å²) in [7, 11) is 0. The number of rotatable bonds is 5. The summed E-state index contributed by atoms with van der Waals surface area (Å²) >= 11 is 0. The Morgan fingerprint density at radius 1 is 1.11 bits per heavy atom. The van der Waals surface area contributed by atoms with Crippen molar-refractivity contribution in [3.8, 4) is 5.75 Å². The second kappa shape index (κ2) is 7.68. The van der Waals surface area contributed by atoms with Gasteiger partial charge in [0.1, 0.15) is 5.75 Å². The molecule has 142 valence electrons. The Bertz CT molecular complexity index is 798. The molecule has 2 aromatic rings. The monoisotopic (exact) mass is 367 g/mol. The van der Waals surface area contributed by atoms with E-state index in [9.17, 15) is 9.90 Å². The SMILES string of the molecule is CCOc1ccccc1C1CC(C(=O)O)C2C(NNC2c2ccccc2)N1. The van der Waals surface area contributed by atoms with E-state index in [4.69, 9.17) is 4.74 Å². The average Bonchev–Trinajstić information content (AvgIpc) is 3.12. The van der Waals surface area contributed by atoms with Gasteiger partial charge in [-0.1, -0.05) is 48.5 Å². The first-order chi connectivity index (χ1) is 13.2. The van der Waals surface area contributed by atoms with Crippen LogP contribution in [-0.4, -0.2) is 23.8 Å². The highest BCUT2D eigenvalue weighted by molar-refractivity contribution is 5.71. The minimum absolute atomic E-state index is 0.0483. The van der Waals surface area contributed by atoms with Crippen LogP contribution in [0.2, 0.25) is 0 Å². The van der Waals surface area contributed by atoms with Crippen LogP contribution in [0.1, 0.15) is 36.6 Å². The summed E-state index contributed by atoms with van der Waals surface area (Å²) in [6.45, 7) is 2.53. The molecule has 5 atom stereocenters.